The number of para-hydroxylation sites is 1. The van der Waals surface area contributed by atoms with Crippen LogP contribution in [0.15, 0.2) is 42.5 Å². The van der Waals surface area contributed by atoms with E-state index >= 15 is 0 Å². The van der Waals surface area contributed by atoms with Crippen molar-refractivity contribution < 1.29 is 0 Å². The van der Waals surface area contributed by atoms with Crippen molar-refractivity contribution in [1.82, 2.24) is 4.57 Å². The van der Waals surface area contributed by atoms with Crippen molar-refractivity contribution in [2.24, 2.45) is 0 Å². The lowest BCUT2D eigenvalue weighted by atomic mass is 9.95. The number of rotatable bonds is 1. The van der Waals surface area contributed by atoms with Crippen molar-refractivity contribution in [1.29, 1.82) is 0 Å². The molecular weight excluding hydrogens is 244 g/mol. The molecule has 2 N–H and O–H groups in total. The van der Waals surface area contributed by atoms with Crippen molar-refractivity contribution in [3.8, 4) is 0 Å². The van der Waals surface area contributed by atoms with Crippen LogP contribution in [0.1, 0.15) is 38.1 Å². The zero-order valence-corrected chi connectivity index (χ0v) is 11.7. The molecule has 1 saturated carbocycles. The first kappa shape index (κ1) is 11.8. The maximum absolute atomic E-state index is 5.99. The Kier molecular flexibility index (Phi) is 2.69. The first-order valence-electron chi connectivity index (χ1n) is 7.63. The molecule has 0 amide bonds. The Labute approximate surface area is 119 Å². The normalized spacial score (nSPS) is 17.0. The van der Waals surface area contributed by atoms with Gasteiger partial charge in [0.1, 0.15) is 0 Å². The lowest BCUT2D eigenvalue weighted by Crippen LogP contribution is -2.12. The molecule has 1 aliphatic carbocycles. The number of hydrogen-bond acceptors (Lipinski definition) is 1. The Bertz CT molecular complexity index is 764. The topological polar surface area (TPSA) is 30.9 Å². The minimum absolute atomic E-state index is 0.648. The van der Waals surface area contributed by atoms with Gasteiger partial charge < -0.3 is 10.3 Å². The Balaban J connectivity index is 2.05. The van der Waals surface area contributed by atoms with Crippen LogP contribution in [0, 0.1) is 0 Å². The van der Waals surface area contributed by atoms with E-state index in [9.17, 15) is 0 Å². The molecule has 2 nitrogen and oxygen atoms in total. The van der Waals surface area contributed by atoms with Crippen LogP contribution in [0.25, 0.3) is 21.8 Å². The summed E-state index contributed by atoms with van der Waals surface area (Å²) in [5.74, 6) is 0. The Hall–Kier alpha value is -1.96. The molecule has 0 bridgehead atoms. The Morgan fingerprint density at radius 1 is 0.850 bits per heavy atom. The number of nitrogen functional groups attached to an aromatic ring is 1. The Morgan fingerprint density at radius 2 is 1.60 bits per heavy atom. The highest BCUT2D eigenvalue weighted by Crippen LogP contribution is 2.37. The largest absolute Gasteiger partial charge is 0.399 e. The molecular formula is C18H20N2. The summed E-state index contributed by atoms with van der Waals surface area (Å²) in [4.78, 5) is 0. The SMILES string of the molecule is Nc1ccc2c(c1)c1ccccc1n2C1CCCCC1. The minimum Gasteiger partial charge on any atom is -0.399 e. The zero-order valence-electron chi connectivity index (χ0n) is 11.7. The number of nitrogens with two attached hydrogens (primary N) is 1. The second kappa shape index (κ2) is 4.55. The van der Waals surface area contributed by atoms with Crippen LogP contribution in [0.5, 0.6) is 0 Å². The van der Waals surface area contributed by atoms with E-state index in [1.807, 2.05) is 6.07 Å². The van der Waals surface area contributed by atoms with Crippen molar-refractivity contribution in [2.75, 3.05) is 5.73 Å². The van der Waals surface area contributed by atoms with Gasteiger partial charge in [-0.1, -0.05) is 37.5 Å². The van der Waals surface area contributed by atoms with Gasteiger partial charge in [0, 0.05) is 33.5 Å². The van der Waals surface area contributed by atoms with Gasteiger partial charge in [0.25, 0.3) is 0 Å². The quantitative estimate of drug-likeness (QED) is 0.624. The highest BCUT2D eigenvalue weighted by atomic mass is 15.0. The van der Waals surface area contributed by atoms with Crippen LogP contribution in [0.3, 0.4) is 0 Å². The van der Waals surface area contributed by atoms with Crippen LogP contribution in [0.2, 0.25) is 0 Å². The lowest BCUT2D eigenvalue weighted by Gasteiger charge is -2.25. The van der Waals surface area contributed by atoms with Gasteiger partial charge in [-0.2, -0.15) is 0 Å². The summed E-state index contributed by atoms with van der Waals surface area (Å²) in [6.45, 7) is 0. The summed E-state index contributed by atoms with van der Waals surface area (Å²) in [6, 6.07) is 15.7. The number of fused-ring (bicyclic) bond motifs is 3. The number of nitrogens with zero attached hydrogens (tertiary/aromatic N) is 1. The summed E-state index contributed by atoms with van der Waals surface area (Å²) < 4.78 is 2.56. The van der Waals surface area contributed by atoms with Gasteiger partial charge in [0.05, 0.1) is 0 Å². The van der Waals surface area contributed by atoms with Crippen LogP contribution < -0.4 is 5.73 Å². The molecule has 0 radical (unpaired) electrons. The molecule has 1 aromatic heterocycles. The summed E-state index contributed by atoms with van der Waals surface area (Å²) in [7, 11) is 0. The summed E-state index contributed by atoms with van der Waals surface area (Å²) in [5.41, 5.74) is 9.55. The van der Waals surface area contributed by atoms with Crippen LogP contribution in [0.4, 0.5) is 5.69 Å². The molecule has 1 heterocycles. The van der Waals surface area contributed by atoms with Crippen molar-refractivity contribution in [3.05, 3.63) is 42.5 Å². The predicted octanol–water partition coefficient (Wildman–Crippen LogP) is 4.88. The molecule has 102 valence electrons. The van der Waals surface area contributed by atoms with Gasteiger partial charge >= 0.3 is 0 Å². The van der Waals surface area contributed by atoms with Crippen LogP contribution >= 0.6 is 0 Å². The van der Waals surface area contributed by atoms with Crippen LogP contribution in [-0.2, 0) is 0 Å². The third-order valence-electron chi connectivity index (χ3n) is 4.67. The fourth-order valence-electron chi connectivity index (χ4n) is 3.75. The third-order valence-corrected chi connectivity index (χ3v) is 4.67. The second-order valence-corrected chi connectivity index (χ2v) is 5.96. The Morgan fingerprint density at radius 3 is 2.45 bits per heavy atom. The average molecular weight is 264 g/mol. The number of anilines is 1. The summed E-state index contributed by atoms with van der Waals surface area (Å²) in [6.07, 6.45) is 6.71. The van der Waals surface area contributed by atoms with Gasteiger partial charge in [-0.15, -0.1) is 0 Å². The smallest absolute Gasteiger partial charge is 0.0495 e. The highest BCUT2D eigenvalue weighted by Gasteiger charge is 2.20. The molecule has 1 fully saturated rings. The maximum Gasteiger partial charge on any atom is 0.0495 e. The number of aromatic nitrogens is 1. The molecule has 0 atom stereocenters. The standard InChI is InChI=1S/C18H20N2/c19-13-10-11-18-16(12-13)15-8-4-5-9-17(15)20(18)14-6-2-1-3-7-14/h4-5,8-12,14H,1-3,6-7,19H2. The van der Waals surface area contributed by atoms with E-state index < -0.39 is 0 Å². The molecule has 20 heavy (non-hydrogen) atoms. The van der Waals surface area contributed by atoms with E-state index in [1.165, 1.54) is 53.9 Å². The molecule has 0 spiro atoms. The molecule has 1 aliphatic rings. The maximum atomic E-state index is 5.99. The second-order valence-electron chi connectivity index (χ2n) is 5.96. The van der Waals surface area contributed by atoms with Crippen molar-refractivity contribution >= 4 is 27.5 Å². The van der Waals surface area contributed by atoms with Gasteiger partial charge in [-0.25, -0.2) is 0 Å². The van der Waals surface area contributed by atoms with Gasteiger partial charge in [-0.3, -0.25) is 0 Å². The molecule has 2 aromatic carbocycles. The fraction of sp³-hybridized carbons (Fsp3) is 0.333. The molecule has 3 aromatic rings. The molecule has 0 saturated heterocycles. The van der Waals surface area contributed by atoms with Gasteiger partial charge in [-0.05, 0) is 37.1 Å². The van der Waals surface area contributed by atoms with E-state index in [-0.39, 0.29) is 0 Å². The zero-order chi connectivity index (χ0) is 13.5. The third kappa shape index (κ3) is 1.71. The first-order chi connectivity index (χ1) is 9.84. The van der Waals surface area contributed by atoms with E-state index in [0.717, 1.165) is 5.69 Å². The van der Waals surface area contributed by atoms with Crippen molar-refractivity contribution in [2.45, 2.75) is 38.1 Å². The fourth-order valence-corrected chi connectivity index (χ4v) is 3.75. The van der Waals surface area contributed by atoms with E-state index in [2.05, 4.69) is 41.0 Å². The van der Waals surface area contributed by atoms with Gasteiger partial charge in [0.2, 0.25) is 0 Å². The minimum atomic E-state index is 0.648. The lowest BCUT2D eigenvalue weighted by molar-refractivity contribution is 0.367. The van der Waals surface area contributed by atoms with Crippen LogP contribution in [-0.4, -0.2) is 4.57 Å². The molecule has 4 rings (SSSR count). The molecule has 0 aliphatic heterocycles. The summed E-state index contributed by atoms with van der Waals surface area (Å²) in [5, 5.41) is 2.63. The monoisotopic (exact) mass is 264 g/mol. The van der Waals surface area contributed by atoms with Crippen molar-refractivity contribution in [3.63, 3.8) is 0 Å². The highest BCUT2D eigenvalue weighted by molar-refractivity contribution is 6.09. The average Bonchev–Trinajstić information content (AvgIpc) is 2.82. The number of benzene rings is 2. The number of hydrogen-bond donors (Lipinski definition) is 1. The van der Waals surface area contributed by atoms with Gasteiger partial charge in [0.15, 0.2) is 0 Å². The summed E-state index contributed by atoms with van der Waals surface area (Å²) >= 11 is 0. The van der Waals surface area contributed by atoms with E-state index in [4.69, 9.17) is 5.73 Å². The molecule has 0 unspecified atom stereocenters. The predicted molar refractivity (Wildman–Crippen MR) is 86.0 cm³/mol. The first-order valence-corrected chi connectivity index (χ1v) is 7.63. The molecule has 2 heteroatoms. The van der Waals surface area contributed by atoms with E-state index in [1.54, 1.807) is 0 Å². The van der Waals surface area contributed by atoms with E-state index in [0.29, 0.717) is 6.04 Å².